The van der Waals surface area contributed by atoms with E-state index in [-0.39, 0.29) is 5.91 Å². The summed E-state index contributed by atoms with van der Waals surface area (Å²) in [6.45, 7) is 3.69. The first-order valence-corrected chi connectivity index (χ1v) is 9.58. The number of benzene rings is 1. The number of hydrogen-bond acceptors (Lipinski definition) is 5. The van der Waals surface area contributed by atoms with Crippen LogP contribution in [0.15, 0.2) is 24.3 Å². The van der Waals surface area contributed by atoms with E-state index in [1.165, 1.54) is 23.3 Å². The average molecular weight is 373 g/mol. The first-order chi connectivity index (χ1) is 12.5. The standard InChI is InChI=1S/C20H23NO4S/c1-12-8-10-14(11-9-12)25-13(2)18(22)21-19-17(20(23)24-3)15-6-4-5-7-16(15)26-19/h8-11,13H,4-7H2,1-3H3,(H,21,22). The van der Waals surface area contributed by atoms with Crippen LogP contribution < -0.4 is 10.1 Å². The number of methoxy groups -OCH3 is 1. The second-order valence-electron chi connectivity index (χ2n) is 6.47. The van der Waals surface area contributed by atoms with Gasteiger partial charge in [0.1, 0.15) is 10.8 Å². The maximum absolute atomic E-state index is 12.6. The quantitative estimate of drug-likeness (QED) is 0.801. The van der Waals surface area contributed by atoms with Gasteiger partial charge in [-0.15, -0.1) is 11.3 Å². The molecule has 1 unspecified atom stereocenters. The highest BCUT2D eigenvalue weighted by Crippen LogP contribution is 2.38. The number of rotatable bonds is 5. The van der Waals surface area contributed by atoms with Gasteiger partial charge in [0.25, 0.3) is 5.91 Å². The molecule has 1 aromatic carbocycles. The fraction of sp³-hybridized carbons (Fsp3) is 0.400. The molecule has 2 aromatic rings. The van der Waals surface area contributed by atoms with Gasteiger partial charge >= 0.3 is 5.97 Å². The number of carbonyl (C=O) groups excluding carboxylic acids is 2. The summed E-state index contributed by atoms with van der Waals surface area (Å²) in [4.78, 5) is 26.0. The zero-order chi connectivity index (χ0) is 18.7. The SMILES string of the molecule is COC(=O)c1c(NC(=O)C(C)Oc2ccc(C)cc2)sc2c1CCCC2. The highest BCUT2D eigenvalue weighted by atomic mass is 32.1. The third kappa shape index (κ3) is 3.90. The summed E-state index contributed by atoms with van der Waals surface area (Å²) in [6.07, 6.45) is 3.27. The van der Waals surface area contributed by atoms with Crippen LogP contribution in [0.1, 0.15) is 46.1 Å². The number of aryl methyl sites for hydroxylation is 2. The van der Waals surface area contributed by atoms with Gasteiger partial charge < -0.3 is 14.8 Å². The summed E-state index contributed by atoms with van der Waals surface area (Å²) >= 11 is 1.47. The van der Waals surface area contributed by atoms with Crippen LogP contribution in [-0.4, -0.2) is 25.1 Å². The molecule has 26 heavy (non-hydrogen) atoms. The Labute approximate surface area is 157 Å². The lowest BCUT2D eigenvalue weighted by Gasteiger charge is -2.15. The predicted octanol–water partition coefficient (Wildman–Crippen LogP) is 4.13. The van der Waals surface area contributed by atoms with Crippen LogP contribution in [-0.2, 0) is 22.4 Å². The Bertz CT molecular complexity index is 810. The van der Waals surface area contributed by atoms with Gasteiger partial charge in [-0.3, -0.25) is 4.79 Å². The van der Waals surface area contributed by atoms with Crippen LogP contribution >= 0.6 is 11.3 Å². The molecule has 5 nitrogen and oxygen atoms in total. The molecule has 1 aliphatic carbocycles. The summed E-state index contributed by atoms with van der Waals surface area (Å²) in [5.74, 6) is -0.0435. The molecule has 0 spiro atoms. The number of thiophene rings is 1. The maximum Gasteiger partial charge on any atom is 0.341 e. The minimum Gasteiger partial charge on any atom is -0.481 e. The fourth-order valence-electron chi connectivity index (χ4n) is 3.06. The van der Waals surface area contributed by atoms with E-state index >= 15 is 0 Å². The molecule has 3 rings (SSSR count). The molecule has 1 N–H and O–H groups in total. The topological polar surface area (TPSA) is 64.6 Å². The molecular weight excluding hydrogens is 350 g/mol. The van der Waals surface area contributed by atoms with Crippen LogP contribution in [0.4, 0.5) is 5.00 Å². The molecule has 1 amide bonds. The van der Waals surface area contributed by atoms with Crippen LogP contribution in [0, 0.1) is 6.92 Å². The molecule has 0 aliphatic heterocycles. The Hall–Kier alpha value is -2.34. The lowest BCUT2D eigenvalue weighted by Crippen LogP contribution is -2.30. The number of hydrogen-bond donors (Lipinski definition) is 1. The molecule has 0 bridgehead atoms. The second-order valence-corrected chi connectivity index (χ2v) is 7.57. The van der Waals surface area contributed by atoms with E-state index < -0.39 is 12.1 Å². The van der Waals surface area contributed by atoms with Gasteiger partial charge in [-0.1, -0.05) is 17.7 Å². The van der Waals surface area contributed by atoms with Gasteiger partial charge in [-0.25, -0.2) is 4.79 Å². The third-order valence-electron chi connectivity index (χ3n) is 4.50. The Morgan fingerprint density at radius 3 is 2.54 bits per heavy atom. The summed E-state index contributed by atoms with van der Waals surface area (Å²) in [5.41, 5.74) is 2.65. The Balaban J connectivity index is 1.77. The molecule has 1 aromatic heterocycles. The Morgan fingerprint density at radius 2 is 1.85 bits per heavy atom. The second kappa shape index (κ2) is 7.91. The zero-order valence-electron chi connectivity index (χ0n) is 15.3. The normalized spacial score (nSPS) is 14.3. The maximum atomic E-state index is 12.6. The van der Waals surface area contributed by atoms with Crippen molar-refractivity contribution in [3.8, 4) is 5.75 Å². The minimum atomic E-state index is -0.678. The Morgan fingerprint density at radius 1 is 1.15 bits per heavy atom. The van der Waals surface area contributed by atoms with Crippen molar-refractivity contribution in [1.82, 2.24) is 0 Å². The van der Waals surface area contributed by atoms with E-state index in [4.69, 9.17) is 9.47 Å². The first-order valence-electron chi connectivity index (χ1n) is 8.76. The molecule has 1 heterocycles. The van der Waals surface area contributed by atoms with Gasteiger partial charge in [0, 0.05) is 4.88 Å². The largest absolute Gasteiger partial charge is 0.481 e. The molecule has 0 saturated carbocycles. The van der Waals surface area contributed by atoms with Crippen LogP contribution in [0.5, 0.6) is 5.75 Å². The number of anilines is 1. The van der Waals surface area contributed by atoms with E-state index in [1.54, 1.807) is 6.92 Å². The molecule has 1 aliphatic rings. The number of carbonyl (C=O) groups is 2. The minimum absolute atomic E-state index is 0.283. The molecule has 1 atom stereocenters. The number of ether oxygens (including phenoxy) is 2. The molecular formula is C20H23NO4S. The lowest BCUT2D eigenvalue weighted by atomic mass is 9.95. The summed E-state index contributed by atoms with van der Waals surface area (Å²) in [7, 11) is 1.37. The molecule has 0 radical (unpaired) electrons. The van der Waals surface area contributed by atoms with Gasteiger partial charge in [0.05, 0.1) is 12.7 Å². The van der Waals surface area contributed by atoms with Crippen LogP contribution in [0.3, 0.4) is 0 Å². The van der Waals surface area contributed by atoms with E-state index in [0.29, 0.717) is 16.3 Å². The average Bonchev–Trinajstić information content (AvgIpc) is 3.00. The number of nitrogens with one attached hydrogen (secondary N) is 1. The third-order valence-corrected chi connectivity index (χ3v) is 5.71. The van der Waals surface area contributed by atoms with Crippen molar-refractivity contribution in [3.63, 3.8) is 0 Å². The van der Waals surface area contributed by atoms with E-state index in [2.05, 4.69) is 5.32 Å². The highest BCUT2D eigenvalue weighted by Gasteiger charge is 2.28. The van der Waals surface area contributed by atoms with Gasteiger partial charge in [-0.05, 0) is 57.2 Å². The van der Waals surface area contributed by atoms with E-state index in [0.717, 1.165) is 36.8 Å². The van der Waals surface area contributed by atoms with Crippen molar-refractivity contribution in [2.24, 2.45) is 0 Å². The van der Waals surface area contributed by atoms with Gasteiger partial charge in [0.15, 0.2) is 6.10 Å². The predicted molar refractivity (Wildman–Crippen MR) is 102 cm³/mol. The number of amides is 1. The first kappa shape index (κ1) is 18.5. The lowest BCUT2D eigenvalue weighted by molar-refractivity contribution is -0.122. The number of fused-ring (bicyclic) bond motifs is 1. The monoisotopic (exact) mass is 373 g/mol. The van der Waals surface area contributed by atoms with Crippen molar-refractivity contribution >= 4 is 28.2 Å². The van der Waals surface area contributed by atoms with Gasteiger partial charge in [0.2, 0.25) is 0 Å². The van der Waals surface area contributed by atoms with Crippen molar-refractivity contribution in [2.75, 3.05) is 12.4 Å². The molecule has 0 fully saturated rings. The van der Waals surface area contributed by atoms with Crippen molar-refractivity contribution < 1.29 is 19.1 Å². The Kier molecular flexibility index (Phi) is 5.61. The van der Waals surface area contributed by atoms with E-state index in [9.17, 15) is 9.59 Å². The molecule has 0 saturated heterocycles. The molecule has 138 valence electrons. The highest BCUT2D eigenvalue weighted by molar-refractivity contribution is 7.17. The summed E-state index contributed by atoms with van der Waals surface area (Å²) in [6, 6.07) is 7.54. The van der Waals surface area contributed by atoms with Gasteiger partial charge in [-0.2, -0.15) is 0 Å². The van der Waals surface area contributed by atoms with Crippen LogP contribution in [0.2, 0.25) is 0 Å². The van der Waals surface area contributed by atoms with Crippen molar-refractivity contribution in [3.05, 3.63) is 45.8 Å². The van der Waals surface area contributed by atoms with Crippen LogP contribution in [0.25, 0.3) is 0 Å². The summed E-state index contributed by atoms with van der Waals surface area (Å²) < 4.78 is 10.6. The summed E-state index contributed by atoms with van der Waals surface area (Å²) in [5, 5.41) is 3.43. The fourth-order valence-corrected chi connectivity index (χ4v) is 4.34. The zero-order valence-corrected chi connectivity index (χ0v) is 16.1. The van der Waals surface area contributed by atoms with Crippen molar-refractivity contribution in [1.29, 1.82) is 0 Å². The van der Waals surface area contributed by atoms with Crippen molar-refractivity contribution in [2.45, 2.75) is 45.6 Å². The smallest absolute Gasteiger partial charge is 0.341 e. The number of esters is 1. The molecule has 6 heteroatoms. The van der Waals surface area contributed by atoms with E-state index in [1.807, 2.05) is 31.2 Å².